The minimum absolute atomic E-state index is 0.0152. The van der Waals surface area contributed by atoms with Gasteiger partial charge in [-0.3, -0.25) is 4.18 Å². The molecule has 0 bridgehead atoms. The van der Waals surface area contributed by atoms with Gasteiger partial charge in [-0.2, -0.15) is 8.42 Å². The minimum Gasteiger partial charge on any atom is -0.265 e. The number of hydrogen-bond donors (Lipinski definition) is 0. The van der Waals surface area contributed by atoms with E-state index in [0.717, 1.165) is 11.8 Å². The summed E-state index contributed by atoms with van der Waals surface area (Å²) in [4.78, 5) is 0. The third kappa shape index (κ3) is 3.74. The van der Waals surface area contributed by atoms with Gasteiger partial charge in [-0.25, -0.2) is 0 Å². The highest BCUT2D eigenvalue weighted by Gasteiger charge is 2.05. The van der Waals surface area contributed by atoms with Crippen molar-refractivity contribution >= 4 is 10.1 Å². The first-order valence-corrected chi connectivity index (χ1v) is 6.14. The smallest absolute Gasteiger partial charge is 0.264 e. The lowest BCUT2D eigenvalue weighted by molar-refractivity contribution is 0.311. The van der Waals surface area contributed by atoms with Crippen LogP contribution in [0.15, 0.2) is 18.2 Å². The molecule has 3 nitrogen and oxygen atoms in total. The van der Waals surface area contributed by atoms with Gasteiger partial charge in [-0.05, 0) is 24.1 Å². The van der Waals surface area contributed by atoms with Gasteiger partial charge in [-0.1, -0.05) is 18.1 Å². The maximum absolute atomic E-state index is 10.8. The molecule has 0 fully saturated rings. The summed E-state index contributed by atoms with van der Waals surface area (Å²) >= 11 is 0. The van der Waals surface area contributed by atoms with Gasteiger partial charge in [0, 0.05) is 5.56 Å². The summed E-state index contributed by atoms with van der Waals surface area (Å²) in [5.74, 6) is 2.50. The topological polar surface area (TPSA) is 43.4 Å². The first-order chi connectivity index (χ1) is 6.92. The molecule has 0 N–H and O–H groups in total. The van der Waals surface area contributed by atoms with Gasteiger partial charge in [0.05, 0.1) is 12.9 Å². The molecule has 80 valence electrons. The van der Waals surface area contributed by atoms with Crippen LogP contribution in [0.4, 0.5) is 0 Å². The molecule has 15 heavy (non-hydrogen) atoms. The Morgan fingerprint density at radius 2 is 2.13 bits per heavy atom. The molecule has 0 radical (unpaired) electrons. The lowest BCUT2D eigenvalue weighted by Gasteiger charge is -2.05. The zero-order chi connectivity index (χ0) is 11.5. The molecular formula is C11H12O3S. The fourth-order valence-corrected chi connectivity index (χ4v) is 1.46. The van der Waals surface area contributed by atoms with Crippen LogP contribution >= 0.6 is 0 Å². The summed E-state index contributed by atoms with van der Waals surface area (Å²) in [5, 5.41) is 0. The van der Waals surface area contributed by atoms with E-state index in [1.807, 2.05) is 19.1 Å². The van der Waals surface area contributed by atoms with Gasteiger partial charge in [0.15, 0.2) is 0 Å². The average Bonchev–Trinajstić information content (AvgIpc) is 2.14. The van der Waals surface area contributed by atoms with Crippen LogP contribution in [0.25, 0.3) is 0 Å². The van der Waals surface area contributed by atoms with Crippen LogP contribution in [0, 0.1) is 19.3 Å². The molecular weight excluding hydrogens is 212 g/mol. The number of hydrogen-bond acceptors (Lipinski definition) is 3. The van der Waals surface area contributed by atoms with Crippen LogP contribution in [-0.2, 0) is 20.9 Å². The van der Waals surface area contributed by atoms with Gasteiger partial charge >= 0.3 is 0 Å². The fourth-order valence-electron chi connectivity index (χ4n) is 1.12. The minimum atomic E-state index is -3.43. The van der Waals surface area contributed by atoms with Gasteiger partial charge in [0.2, 0.25) is 0 Å². The van der Waals surface area contributed by atoms with Crippen molar-refractivity contribution in [3.8, 4) is 12.3 Å². The Bertz CT molecular complexity index is 495. The average molecular weight is 224 g/mol. The van der Waals surface area contributed by atoms with Crippen LogP contribution in [-0.4, -0.2) is 14.7 Å². The highest BCUT2D eigenvalue weighted by atomic mass is 32.2. The summed E-state index contributed by atoms with van der Waals surface area (Å²) < 4.78 is 26.3. The van der Waals surface area contributed by atoms with E-state index >= 15 is 0 Å². The third-order valence-electron chi connectivity index (χ3n) is 1.85. The monoisotopic (exact) mass is 224 g/mol. The molecule has 0 unspecified atom stereocenters. The molecule has 0 saturated heterocycles. The third-order valence-corrected chi connectivity index (χ3v) is 2.40. The predicted octanol–water partition coefficient (Wildman–Crippen LogP) is 1.45. The quantitative estimate of drug-likeness (QED) is 0.576. The zero-order valence-corrected chi connectivity index (χ0v) is 9.47. The molecule has 0 spiro atoms. The Morgan fingerprint density at radius 1 is 1.47 bits per heavy atom. The second-order valence-corrected chi connectivity index (χ2v) is 4.92. The number of rotatable bonds is 3. The SMILES string of the molecule is C#Cc1cc(C)ccc1COS(C)(=O)=O. The van der Waals surface area contributed by atoms with Gasteiger partial charge in [0.1, 0.15) is 0 Å². The van der Waals surface area contributed by atoms with E-state index in [1.165, 1.54) is 0 Å². The van der Waals surface area contributed by atoms with E-state index < -0.39 is 10.1 Å². The van der Waals surface area contributed by atoms with Crippen LogP contribution in [0.5, 0.6) is 0 Å². The molecule has 0 amide bonds. The molecule has 1 aromatic carbocycles. The van der Waals surface area contributed by atoms with E-state index in [1.54, 1.807) is 6.07 Å². The number of aryl methyl sites for hydroxylation is 1. The van der Waals surface area contributed by atoms with Crippen LogP contribution in [0.2, 0.25) is 0 Å². The number of benzene rings is 1. The summed E-state index contributed by atoms with van der Waals surface area (Å²) in [6.07, 6.45) is 6.31. The Labute approximate surface area is 90.2 Å². The van der Waals surface area contributed by atoms with Crippen molar-refractivity contribution in [3.63, 3.8) is 0 Å². The van der Waals surface area contributed by atoms with E-state index in [2.05, 4.69) is 10.1 Å². The highest BCUT2D eigenvalue weighted by molar-refractivity contribution is 7.85. The molecule has 0 aliphatic heterocycles. The van der Waals surface area contributed by atoms with Crippen molar-refractivity contribution in [1.82, 2.24) is 0 Å². The van der Waals surface area contributed by atoms with Crippen molar-refractivity contribution in [2.45, 2.75) is 13.5 Å². The van der Waals surface area contributed by atoms with Crippen LogP contribution in [0.1, 0.15) is 16.7 Å². The first kappa shape index (κ1) is 11.8. The normalized spacial score (nSPS) is 11.0. The van der Waals surface area contributed by atoms with E-state index in [4.69, 9.17) is 6.42 Å². The molecule has 4 heteroatoms. The predicted molar refractivity (Wildman–Crippen MR) is 58.7 cm³/mol. The summed E-state index contributed by atoms with van der Waals surface area (Å²) in [7, 11) is -3.43. The van der Waals surface area contributed by atoms with E-state index in [-0.39, 0.29) is 6.61 Å². The van der Waals surface area contributed by atoms with Crippen molar-refractivity contribution in [3.05, 3.63) is 34.9 Å². The van der Waals surface area contributed by atoms with Crippen molar-refractivity contribution in [2.75, 3.05) is 6.26 Å². The molecule has 0 atom stereocenters. The Hall–Kier alpha value is -1.31. The number of terminal acetylenes is 1. The Balaban J connectivity index is 2.92. The summed E-state index contributed by atoms with van der Waals surface area (Å²) in [6, 6.07) is 5.46. The molecule has 1 rings (SSSR count). The van der Waals surface area contributed by atoms with Crippen molar-refractivity contribution in [2.24, 2.45) is 0 Å². The molecule has 0 aliphatic rings. The Morgan fingerprint density at radius 3 is 2.67 bits per heavy atom. The van der Waals surface area contributed by atoms with E-state index in [9.17, 15) is 8.42 Å². The molecule has 0 aromatic heterocycles. The maximum Gasteiger partial charge on any atom is 0.264 e. The van der Waals surface area contributed by atoms with Gasteiger partial charge in [-0.15, -0.1) is 6.42 Å². The van der Waals surface area contributed by atoms with Gasteiger partial charge < -0.3 is 0 Å². The molecule has 0 aliphatic carbocycles. The standard InChI is InChI=1S/C11H12O3S/c1-4-10-7-9(2)5-6-11(10)8-14-15(3,12)13/h1,5-7H,8H2,2-3H3. The summed E-state index contributed by atoms with van der Waals surface area (Å²) in [6.45, 7) is 1.90. The van der Waals surface area contributed by atoms with Crippen molar-refractivity contribution < 1.29 is 12.6 Å². The molecule has 0 saturated carbocycles. The lowest BCUT2D eigenvalue weighted by atomic mass is 10.1. The van der Waals surface area contributed by atoms with Gasteiger partial charge in [0.25, 0.3) is 10.1 Å². The van der Waals surface area contributed by atoms with E-state index in [0.29, 0.717) is 11.1 Å². The largest absolute Gasteiger partial charge is 0.265 e. The Kier molecular flexibility index (Phi) is 3.51. The highest BCUT2D eigenvalue weighted by Crippen LogP contribution is 2.12. The summed E-state index contributed by atoms with van der Waals surface area (Å²) in [5.41, 5.74) is 2.40. The second-order valence-electron chi connectivity index (χ2n) is 3.27. The fraction of sp³-hybridized carbons (Fsp3) is 0.273. The zero-order valence-electron chi connectivity index (χ0n) is 8.65. The molecule has 0 heterocycles. The second kappa shape index (κ2) is 4.47. The lowest BCUT2D eigenvalue weighted by Crippen LogP contribution is -2.04. The van der Waals surface area contributed by atoms with Crippen molar-refractivity contribution in [1.29, 1.82) is 0 Å². The first-order valence-electron chi connectivity index (χ1n) is 4.33. The maximum atomic E-state index is 10.8. The van der Waals surface area contributed by atoms with Crippen LogP contribution < -0.4 is 0 Å². The molecule has 1 aromatic rings. The van der Waals surface area contributed by atoms with Crippen LogP contribution in [0.3, 0.4) is 0 Å².